The van der Waals surface area contributed by atoms with Crippen molar-refractivity contribution in [3.05, 3.63) is 11.1 Å². The third kappa shape index (κ3) is 3.69. The molecule has 4 heteroatoms. The zero-order chi connectivity index (χ0) is 13.8. The van der Waals surface area contributed by atoms with Gasteiger partial charge in [-0.3, -0.25) is 0 Å². The van der Waals surface area contributed by atoms with Crippen LogP contribution in [0.15, 0.2) is 5.38 Å². The van der Waals surface area contributed by atoms with Crippen LogP contribution in [-0.4, -0.2) is 25.1 Å². The lowest BCUT2D eigenvalue weighted by atomic mass is 9.89. The van der Waals surface area contributed by atoms with Crippen molar-refractivity contribution in [2.24, 2.45) is 11.8 Å². The summed E-state index contributed by atoms with van der Waals surface area (Å²) in [7, 11) is 1.99. The van der Waals surface area contributed by atoms with E-state index in [-0.39, 0.29) is 0 Å². The molecule has 0 bridgehead atoms. The molecule has 1 aromatic heterocycles. The largest absolute Gasteiger partial charge is 0.348 e. The number of hydrogen-bond acceptors (Lipinski definition) is 4. The third-order valence-corrected chi connectivity index (χ3v) is 5.29. The van der Waals surface area contributed by atoms with Crippen LogP contribution in [0.3, 0.4) is 0 Å². The number of aromatic nitrogens is 1. The molecule has 0 aromatic carbocycles. The van der Waals surface area contributed by atoms with Gasteiger partial charge >= 0.3 is 0 Å². The summed E-state index contributed by atoms with van der Waals surface area (Å²) >= 11 is 1.79. The summed E-state index contributed by atoms with van der Waals surface area (Å²) in [5, 5.41) is 6.66. The van der Waals surface area contributed by atoms with E-state index < -0.39 is 0 Å². The van der Waals surface area contributed by atoms with E-state index in [4.69, 9.17) is 4.98 Å². The van der Waals surface area contributed by atoms with Crippen molar-refractivity contribution in [1.29, 1.82) is 0 Å². The van der Waals surface area contributed by atoms with Crippen molar-refractivity contribution >= 4 is 16.5 Å². The van der Waals surface area contributed by atoms with Crippen LogP contribution in [0.5, 0.6) is 0 Å². The Balaban J connectivity index is 2.00. The maximum atomic E-state index is 4.80. The molecule has 19 heavy (non-hydrogen) atoms. The molecular formula is C15H27N3S. The van der Waals surface area contributed by atoms with Crippen LogP contribution < -0.4 is 10.2 Å². The number of anilines is 1. The molecule has 1 saturated heterocycles. The zero-order valence-corrected chi connectivity index (χ0v) is 13.5. The normalized spacial score (nSPS) is 22.6. The van der Waals surface area contributed by atoms with Crippen LogP contribution in [0.2, 0.25) is 0 Å². The first-order chi connectivity index (χ1) is 9.11. The summed E-state index contributed by atoms with van der Waals surface area (Å²) in [4.78, 5) is 7.28. The first kappa shape index (κ1) is 14.8. The molecule has 0 aliphatic carbocycles. The highest BCUT2D eigenvalue weighted by atomic mass is 32.1. The Bertz CT molecular complexity index is 388. The monoisotopic (exact) mass is 281 g/mol. The lowest BCUT2D eigenvalue weighted by molar-refractivity contribution is 0.351. The van der Waals surface area contributed by atoms with E-state index in [1.165, 1.54) is 43.2 Å². The second kappa shape index (κ2) is 6.71. The molecule has 0 spiro atoms. The Morgan fingerprint density at radius 2 is 2.11 bits per heavy atom. The lowest BCUT2D eigenvalue weighted by Crippen LogP contribution is -2.24. The fourth-order valence-corrected chi connectivity index (χ4v) is 3.72. The predicted molar refractivity (Wildman–Crippen MR) is 84.0 cm³/mol. The number of nitrogens with zero attached hydrogens (tertiary/aromatic N) is 2. The first-order valence-corrected chi connectivity index (χ1v) is 8.37. The summed E-state index contributed by atoms with van der Waals surface area (Å²) in [5.41, 5.74) is 1.17. The van der Waals surface area contributed by atoms with Gasteiger partial charge in [0.2, 0.25) is 0 Å². The van der Waals surface area contributed by atoms with Gasteiger partial charge in [0.05, 0.1) is 5.69 Å². The van der Waals surface area contributed by atoms with Crippen LogP contribution in [-0.2, 0) is 0 Å². The molecule has 1 aromatic rings. The topological polar surface area (TPSA) is 28.2 Å². The van der Waals surface area contributed by atoms with Crippen molar-refractivity contribution in [1.82, 2.24) is 10.3 Å². The Labute approximate surface area is 121 Å². The molecule has 0 radical (unpaired) electrons. The van der Waals surface area contributed by atoms with Gasteiger partial charge in [-0.05, 0) is 45.1 Å². The van der Waals surface area contributed by atoms with Crippen LogP contribution in [0.25, 0.3) is 0 Å². The van der Waals surface area contributed by atoms with E-state index in [1.807, 2.05) is 7.05 Å². The first-order valence-electron chi connectivity index (χ1n) is 7.49. The molecule has 2 heterocycles. The fraction of sp³-hybridized carbons (Fsp3) is 0.800. The molecule has 3 nitrogen and oxygen atoms in total. The van der Waals surface area contributed by atoms with Crippen molar-refractivity contribution in [3.8, 4) is 0 Å². The SMILES string of the molecule is CNC(C)c1csc(N2CCCC(C(C)C)CC2)n1. The van der Waals surface area contributed by atoms with E-state index in [1.54, 1.807) is 11.3 Å². The van der Waals surface area contributed by atoms with E-state index in [9.17, 15) is 0 Å². The van der Waals surface area contributed by atoms with Crippen molar-refractivity contribution in [2.75, 3.05) is 25.0 Å². The smallest absolute Gasteiger partial charge is 0.185 e. The van der Waals surface area contributed by atoms with Crippen LogP contribution in [0, 0.1) is 11.8 Å². The van der Waals surface area contributed by atoms with Gasteiger partial charge in [0.15, 0.2) is 5.13 Å². The highest BCUT2D eigenvalue weighted by Crippen LogP contribution is 2.29. The van der Waals surface area contributed by atoms with Crippen LogP contribution in [0.4, 0.5) is 5.13 Å². The van der Waals surface area contributed by atoms with Gasteiger partial charge in [-0.25, -0.2) is 4.98 Å². The number of rotatable bonds is 4. The second-order valence-electron chi connectivity index (χ2n) is 5.99. The molecule has 1 aliphatic heterocycles. The standard InChI is InChI=1S/C15H27N3S/c1-11(2)13-6-5-8-18(9-7-13)15-17-14(10-19-15)12(3)16-4/h10-13,16H,5-9H2,1-4H3. The molecule has 2 unspecified atom stereocenters. The molecule has 1 fully saturated rings. The van der Waals surface area contributed by atoms with Crippen LogP contribution in [0.1, 0.15) is 51.8 Å². The highest BCUT2D eigenvalue weighted by Gasteiger charge is 2.21. The van der Waals surface area contributed by atoms with Crippen molar-refractivity contribution in [3.63, 3.8) is 0 Å². The summed E-state index contributed by atoms with van der Waals surface area (Å²) in [6.07, 6.45) is 3.99. The van der Waals surface area contributed by atoms with E-state index in [0.29, 0.717) is 6.04 Å². The predicted octanol–water partition coefficient (Wildman–Crippen LogP) is 3.69. The average molecular weight is 281 g/mol. The molecule has 2 atom stereocenters. The Morgan fingerprint density at radius 1 is 1.32 bits per heavy atom. The second-order valence-corrected chi connectivity index (χ2v) is 6.82. The minimum atomic E-state index is 0.348. The maximum absolute atomic E-state index is 4.80. The van der Waals surface area contributed by atoms with Gasteiger partial charge in [0.1, 0.15) is 0 Å². The Hall–Kier alpha value is -0.610. The van der Waals surface area contributed by atoms with E-state index >= 15 is 0 Å². The third-order valence-electron chi connectivity index (χ3n) is 4.37. The summed E-state index contributed by atoms with van der Waals surface area (Å²) in [6.45, 7) is 9.22. The van der Waals surface area contributed by atoms with Gasteiger partial charge in [-0.2, -0.15) is 0 Å². The van der Waals surface area contributed by atoms with Gasteiger partial charge in [-0.15, -0.1) is 11.3 Å². The molecular weight excluding hydrogens is 254 g/mol. The Morgan fingerprint density at radius 3 is 2.79 bits per heavy atom. The lowest BCUT2D eigenvalue weighted by Gasteiger charge is -2.20. The number of hydrogen-bond donors (Lipinski definition) is 1. The van der Waals surface area contributed by atoms with Gasteiger partial charge in [0.25, 0.3) is 0 Å². The minimum Gasteiger partial charge on any atom is -0.348 e. The molecule has 0 saturated carbocycles. The highest BCUT2D eigenvalue weighted by molar-refractivity contribution is 7.13. The maximum Gasteiger partial charge on any atom is 0.185 e. The summed E-state index contributed by atoms with van der Waals surface area (Å²) < 4.78 is 0. The van der Waals surface area contributed by atoms with E-state index in [0.717, 1.165) is 11.8 Å². The van der Waals surface area contributed by atoms with Crippen LogP contribution >= 0.6 is 11.3 Å². The van der Waals surface area contributed by atoms with E-state index in [2.05, 4.69) is 36.4 Å². The average Bonchev–Trinajstić information content (AvgIpc) is 2.75. The molecule has 0 amide bonds. The Kier molecular flexibility index (Phi) is 5.22. The zero-order valence-electron chi connectivity index (χ0n) is 12.6. The molecule has 2 rings (SSSR count). The molecule has 108 valence electrons. The van der Waals surface area contributed by atoms with Gasteiger partial charge < -0.3 is 10.2 Å². The fourth-order valence-electron chi connectivity index (χ4n) is 2.75. The summed E-state index contributed by atoms with van der Waals surface area (Å²) in [6, 6.07) is 0.348. The minimum absolute atomic E-state index is 0.348. The number of nitrogens with one attached hydrogen (secondary N) is 1. The molecule has 1 aliphatic rings. The quantitative estimate of drug-likeness (QED) is 0.912. The molecule has 1 N–H and O–H groups in total. The van der Waals surface area contributed by atoms with Crippen molar-refractivity contribution < 1.29 is 0 Å². The van der Waals surface area contributed by atoms with Gasteiger partial charge in [-0.1, -0.05) is 13.8 Å². The van der Waals surface area contributed by atoms with Gasteiger partial charge in [0, 0.05) is 24.5 Å². The van der Waals surface area contributed by atoms with Crippen molar-refractivity contribution in [2.45, 2.75) is 46.1 Å². The number of thiazole rings is 1. The summed E-state index contributed by atoms with van der Waals surface area (Å²) in [5.74, 6) is 1.71.